The molecular formula is C21H23N3O3. The van der Waals surface area contributed by atoms with Crippen LogP contribution >= 0.6 is 0 Å². The second kappa shape index (κ2) is 7.31. The normalized spacial score (nSPS) is 15.4. The van der Waals surface area contributed by atoms with Crippen molar-refractivity contribution in [3.8, 4) is 11.5 Å². The van der Waals surface area contributed by atoms with Crippen molar-refractivity contribution in [1.82, 2.24) is 9.55 Å². The highest BCUT2D eigenvalue weighted by molar-refractivity contribution is 5.92. The standard InChI is InChI=1S/C21H23N3O3/c1-3-26-20-11-15-10-14(2)27-19(15)12-17(20)23-21(25)8-9-24-13-22-16-6-4-5-7-18(16)24/h4-7,11-14H,3,8-10H2,1-2H3,(H,23,25). The number of hydrogen-bond acceptors (Lipinski definition) is 4. The number of amides is 1. The summed E-state index contributed by atoms with van der Waals surface area (Å²) in [6.07, 6.45) is 3.13. The van der Waals surface area contributed by atoms with Gasteiger partial charge in [0.05, 0.1) is 29.7 Å². The number of aryl methyl sites for hydroxylation is 1. The zero-order valence-corrected chi connectivity index (χ0v) is 15.6. The van der Waals surface area contributed by atoms with Crippen LogP contribution in [0.25, 0.3) is 11.0 Å². The maximum atomic E-state index is 12.5. The summed E-state index contributed by atoms with van der Waals surface area (Å²) in [6.45, 7) is 5.07. The fourth-order valence-electron chi connectivity index (χ4n) is 3.44. The monoisotopic (exact) mass is 365 g/mol. The van der Waals surface area contributed by atoms with Crippen LogP contribution in [0.15, 0.2) is 42.7 Å². The maximum Gasteiger partial charge on any atom is 0.226 e. The molecule has 1 atom stereocenters. The molecule has 1 unspecified atom stereocenters. The lowest BCUT2D eigenvalue weighted by atomic mass is 10.1. The maximum absolute atomic E-state index is 12.5. The summed E-state index contributed by atoms with van der Waals surface area (Å²) in [5.41, 5.74) is 3.74. The van der Waals surface area contributed by atoms with Crippen molar-refractivity contribution in [1.29, 1.82) is 0 Å². The first-order valence-corrected chi connectivity index (χ1v) is 9.30. The largest absolute Gasteiger partial charge is 0.492 e. The Bertz CT molecular complexity index is 980. The van der Waals surface area contributed by atoms with Crippen molar-refractivity contribution >= 4 is 22.6 Å². The summed E-state index contributed by atoms with van der Waals surface area (Å²) in [6, 6.07) is 11.7. The molecule has 0 saturated heterocycles. The summed E-state index contributed by atoms with van der Waals surface area (Å²) in [7, 11) is 0. The van der Waals surface area contributed by atoms with E-state index in [0.29, 0.717) is 31.0 Å². The van der Waals surface area contributed by atoms with Crippen molar-refractivity contribution in [3.05, 3.63) is 48.3 Å². The summed E-state index contributed by atoms with van der Waals surface area (Å²) in [5, 5.41) is 2.97. The number of fused-ring (bicyclic) bond motifs is 2. The Balaban J connectivity index is 1.47. The number of para-hydroxylation sites is 2. The van der Waals surface area contributed by atoms with Crippen molar-refractivity contribution in [3.63, 3.8) is 0 Å². The molecule has 0 spiro atoms. The molecule has 1 N–H and O–H groups in total. The molecule has 27 heavy (non-hydrogen) atoms. The molecule has 3 aromatic rings. The van der Waals surface area contributed by atoms with Gasteiger partial charge < -0.3 is 19.4 Å². The lowest BCUT2D eigenvalue weighted by Crippen LogP contribution is -2.15. The number of anilines is 1. The predicted molar refractivity (Wildman–Crippen MR) is 104 cm³/mol. The third-order valence-corrected chi connectivity index (χ3v) is 4.68. The lowest BCUT2D eigenvalue weighted by Gasteiger charge is -2.14. The van der Waals surface area contributed by atoms with E-state index in [1.54, 1.807) is 6.33 Å². The summed E-state index contributed by atoms with van der Waals surface area (Å²) < 4.78 is 13.5. The third-order valence-electron chi connectivity index (χ3n) is 4.68. The van der Waals surface area contributed by atoms with E-state index in [1.807, 2.05) is 54.8 Å². The first-order valence-electron chi connectivity index (χ1n) is 9.30. The topological polar surface area (TPSA) is 65.4 Å². The van der Waals surface area contributed by atoms with Gasteiger partial charge in [0.15, 0.2) is 0 Å². The number of ether oxygens (including phenoxy) is 2. The van der Waals surface area contributed by atoms with Gasteiger partial charge >= 0.3 is 0 Å². The fourth-order valence-corrected chi connectivity index (χ4v) is 3.44. The number of nitrogens with one attached hydrogen (secondary N) is 1. The van der Waals surface area contributed by atoms with E-state index in [9.17, 15) is 4.79 Å². The Morgan fingerprint density at radius 1 is 1.37 bits per heavy atom. The van der Waals surface area contributed by atoms with E-state index >= 15 is 0 Å². The van der Waals surface area contributed by atoms with Gasteiger partial charge in [0, 0.05) is 31.0 Å². The molecule has 0 radical (unpaired) electrons. The second-order valence-electron chi connectivity index (χ2n) is 6.75. The molecule has 1 aliphatic heterocycles. The molecule has 0 saturated carbocycles. The molecule has 140 valence electrons. The zero-order valence-electron chi connectivity index (χ0n) is 15.6. The first-order chi connectivity index (χ1) is 13.1. The van der Waals surface area contributed by atoms with Gasteiger partial charge in [0.2, 0.25) is 5.91 Å². The molecule has 0 fully saturated rings. The van der Waals surface area contributed by atoms with Gasteiger partial charge in [-0.2, -0.15) is 0 Å². The molecule has 1 aliphatic rings. The quantitative estimate of drug-likeness (QED) is 0.722. The summed E-state index contributed by atoms with van der Waals surface area (Å²) in [4.78, 5) is 16.9. The van der Waals surface area contributed by atoms with Crippen LogP contribution in [0.3, 0.4) is 0 Å². The minimum absolute atomic E-state index is 0.0697. The molecule has 6 nitrogen and oxygen atoms in total. The molecule has 2 aromatic carbocycles. The number of rotatable bonds is 6. The van der Waals surface area contributed by atoms with Gasteiger partial charge in [-0.3, -0.25) is 4.79 Å². The van der Waals surface area contributed by atoms with Crippen LogP contribution in [-0.2, 0) is 17.8 Å². The molecule has 2 heterocycles. The SMILES string of the molecule is CCOc1cc2c(cc1NC(=O)CCn1cnc3ccccc31)OC(C)C2. The van der Waals surface area contributed by atoms with E-state index in [2.05, 4.69) is 10.3 Å². The van der Waals surface area contributed by atoms with Crippen LogP contribution in [0.5, 0.6) is 11.5 Å². The molecule has 1 amide bonds. The molecule has 6 heteroatoms. The van der Waals surface area contributed by atoms with Gasteiger partial charge in [-0.1, -0.05) is 12.1 Å². The summed E-state index contributed by atoms with van der Waals surface area (Å²) in [5.74, 6) is 1.44. The van der Waals surface area contributed by atoms with E-state index < -0.39 is 0 Å². The Kier molecular flexibility index (Phi) is 4.71. The Labute approximate surface area is 158 Å². The van der Waals surface area contributed by atoms with Crippen LogP contribution in [0.4, 0.5) is 5.69 Å². The highest BCUT2D eigenvalue weighted by Gasteiger charge is 2.22. The molecule has 0 aliphatic carbocycles. The number of aromatic nitrogens is 2. The number of benzene rings is 2. The van der Waals surface area contributed by atoms with Crippen molar-refractivity contribution in [2.24, 2.45) is 0 Å². The third kappa shape index (κ3) is 3.60. The summed E-state index contributed by atoms with van der Waals surface area (Å²) >= 11 is 0. The molecule has 4 rings (SSSR count). The predicted octanol–water partition coefficient (Wildman–Crippen LogP) is 3.79. The number of hydrogen-bond donors (Lipinski definition) is 1. The van der Waals surface area contributed by atoms with Crippen molar-refractivity contribution in [2.75, 3.05) is 11.9 Å². The number of carbonyl (C=O) groups is 1. The molecule has 1 aromatic heterocycles. The van der Waals surface area contributed by atoms with Crippen LogP contribution < -0.4 is 14.8 Å². The Hall–Kier alpha value is -3.02. The average Bonchev–Trinajstić information content (AvgIpc) is 3.22. The lowest BCUT2D eigenvalue weighted by molar-refractivity contribution is -0.116. The van der Waals surface area contributed by atoms with Gasteiger partial charge in [-0.25, -0.2) is 4.98 Å². The van der Waals surface area contributed by atoms with E-state index in [4.69, 9.17) is 9.47 Å². The van der Waals surface area contributed by atoms with Gasteiger partial charge in [-0.05, 0) is 32.0 Å². The van der Waals surface area contributed by atoms with Crippen molar-refractivity contribution in [2.45, 2.75) is 39.3 Å². The van der Waals surface area contributed by atoms with Crippen LogP contribution in [0.2, 0.25) is 0 Å². The number of imidazole rings is 1. The first kappa shape index (κ1) is 17.4. The minimum Gasteiger partial charge on any atom is -0.492 e. The zero-order chi connectivity index (χ0) is 18.8. The highest BCUT2D eigenvalue weighted by Crippen LogP contribution is 2.38. The Morgan fingerprint density at radius 3 is 3.07 bits per heavy atom. The van der Waals surface area contributed by atoms with E-state index in [0.717, 1.165) is 28.8 Å². The smallest absolute Gasteiger partial charge is 0.226 e. The van der Waals surface area contributed by atoms with E-state index in [-0.39, 0.29) is 12.0 Å². The van der Waals surface area contributed by atoms with Crippen LogP contribution in [0, 0.1) is 0 Å². The van der Waals surface area contributed by atoms with E-state index in [1.165, 1.54) is 0 Å². The molecule has 0 bridgehead atoms. The van der Waals surface area contributed by atoms with Crippen LogP contribution in [0.1, 0.15) is 25.8 Å². The van der Waals surface area contributed by atoms with Gasteiger partial charge in [0.25, 0.3) is 0 Å². The van der Waals surface area contributed by atoms with Crippen LogP contribution in [-0.4, -0.2) is 28.2 Å². The second-order valence-corrected chi connectivity index (χ2v) is 6.75. The number of nitrogens with zero attached hydrogens (tertiary/aromatic N) is 2. The van der Waals surface area contributed by atoms with Crippen molar-refractivity contribution < 1.29 is 14.3 Å². The average molecular weight is 365 g/mol. The van der Waals surface area contributed by atoms with Gasteiger partial charge in [0.1, 0.15) is 17.6 Å². The highest BCUT2D eigenvalue weighted by atomic mass is 16.5. The number of carbonyl (C=O) groups excluding carboxylic acids is 1. The minimum atomic E-state index is -0.0697. The fraction of sp³-hybridized carbons (Fsp3) is 0.333. The Morgan fingerprint density at radius 2 is 2.22 bits per heavy atom. The van der Waals surface area contributed by atoms with Gasteiger partial charge in [-0.15, -0.1) is 0 Å². The molecular weight excluding hydrogens is 342 g/mol.